The Morgan fingerprint density at radius 3 is 2.42 bits per heavy atom. The van der Waals surface area contributed by atoms with Crippen LogP contribution in [0.4, 0.5) is 0 Å². The molecule has 2 bridgehead atoms. The van der Waals surface area contributed by atoms with Crippen LogP contribution in [-0.2, 0) is 13.1 Å². The van der Waals surface area contributed by atoms with E-state index in [9.17, 15) is 9.59 Å². The van der Waals surface area contributed by atoms with Crippen LogP contribution in [0.3, 0.4) is 0 Å². The first-order valence-electron chi connectivity index (χ1n) is 15.4. The van der Waals surface area contributed by atoms with Crippen LogP contribution >= 0.6 is 11.6 Å². The maximum Gasteiger partial charge on any atom is 0.253 e. The summed E-state index contributed by atoms with van der Waals surface area (Å²) in [5.41, 5.74) is 4.68. The molecule has 0 radical (unpaired) electrons. The molecule has 43 heavy (non-hydrogen) atoms. The van der Waals surface area contributed by atoms with Crippen LogP contribution in [0.2, 0.25) is 5.02 Å². The minimum Gasteiger partial charge on any atom is -0.495 e. The molecule has 3 heterocycles. The number of aryl methyl sites for hydroxylation is 2. The Morgan fingerprint density at radius 2 is 1.70 bits per heavy atom. The Balaban J connectivity index is 1.09. The average molecular weight is 598 g/mol. The fraction of sp³-hybridized carbons (Fsp3) is 0.389. The number of ketones is 1. The van der Waals surface area contributed by atoms with E-state index in [0.29, 0.717) is 41.6 Å². The molecular formula is C36H40ClN3O3. The van der Waals surface area contributed by atoms with E-state index in [1.807, 2.05) is 48.7 Å². The molecule has 2 saturated heterocycles. The van der Waals surface area contributed by atoms with E-state index < -0.39 is 0 Å². The minimum atomic E-state index is -0.0754. The third kappa shape index (κ3) is 6.36. The molecular weight excluding hydrogens is 558 g/mol. The number of ether oxygens (including phenoxy) is 1. The number of hydrogen-bond donors (Lipinski definition) is 1. The van der Waals surface area contributed by atoms with E-state index in [1.54, 1.807) is 19.2 Å². The molecule has 2 aliphatic rings. The maximum absolute atomic E-state index is 13.4. The smallest absolute Gasteiger partial charge is 0.253 e. The van der Waals surface area contributed by atoms with Gasteiger partial charge >= 0.3 is 0 Å². The lowest BCUT2D eigenvalue weighted by molar-refractivity contribution is 0.0807. The number of nitrogens with zero attached hydrogens (tertiary/aromatic N) is 2. The van der Waals surface area contributed by atoms with Crippen molar-refractivity contribution < 1.29 is 14.3 Å². The summed E-state index contributed by atoms with van der Waals surface area (Å²) in [4.78, 5) is 29.0. The molecule has 224 valence electrons. The monoisotopic (exact) mass is 597 g/mol. The standard InChI is InChI=1S/C36H40ClN3O3/c1-24-7-3-4-8-27(24)22-38-36(42)32-23-39(35-31(32)9-5-10-34(35)43-2)17-6-18-40-29-15-16-30(40)20-25(19-29)21-33(41)26-11-13-28(37)14-12-26/h3-5,7-14,23,25,29-30H,6,15-22H2,1-2H3,(H,38,42)/t25?,29-,30+. The number of carbonyl (C=O) groups excluding carboxylic acids is 2. The number of fused-ring (bicyclic) bond motifs is 3. The summed E-state index contributed by atoms with van der Waals surface area (Å²) < 4.78 is 7.92. The van der Waals surface area contributed by atoms with E-state index in [4.69, 9.17) is 16.3 Å². The van der Waals surface area contributed by atoms with Gasteiger partial charge in [-0.15, -0.1) is 0 Å². The number of piperidine rings is 1. The molecule has 0 aliphatic carbocycles. The van der Waals surface area contributed by atoms with Gasteiger partial charge in [0.05, 0.1) is 18.2 Å². The van der Waals surface area contributed by atoms with Gasteiger partial charge in [0, 0.05) is 60.3 Å². The minimum absolute atomic E-state index is 0.0754. The predicted molar refractivity (Wildman–Crippen MR) is 172 cm³/mol. The molecule has 6 nitrogen and oxygen atoms in total. The number of nitrogens with one attached hydrogen (secondary N) is 1. The average Bonchev–Trinajstić information content (AvgIpc) is 3.50. The summed E-state index contributed by atoms with van der Waals surface area (Å²) in [6, 6.07) is 22.4. The van der Waals surface area contributed by atoms with Gasteiger partial charge in [0.2, 0.25) is 0 Å². The predicted octanol–water partition coefficient (Wildman–Crippen LogP) is 7.45. The third-order valence-electron chi connectivity index (χ3n) is 9.46. The van der Waals surface area contributed by atoms with Gasteiger partial charge in [-0.05, 0) is 86.4 Å². The first kappa shape index (κ1) is 29.5. The van der Waals surface area contributed by atoms with E-state index >= 15 is 0 Å². The zero-order valence-electron chi connectivity index (χ0n) is 25.0. The van der Waals surface area contributed by atoms with Gasteiger partial charge in [-0.2, -0.15) is 0 Å². The third-order valence-corrected chi connectivity index (χ3v) is 9.72. The van der Waals surface area contributed by atoms with Crippen molar-refractivity contribution in [1.29, 1.82) is 0 Å². The Morgan fingerprint density at radius 1 is 0.953 bits per heavy atom. The van der Waals surface area contributed by atoms with Crippen LogP contribution in [0, 0.1) is 12.8 Å². The summed E-state index contributed by atoms with van der Waals surface area (Å²) in [6.07, 6.45) is 8.18. The molecule has 1 amide bonds. The van der Waals surface area contributed by atoms with Gasteiger partial charge in [-0.1, -0.05) is 48.0 Å². The zero-order chi connectivity index (χ0) is 29.9. The normalized spacial score (nSPS) is 19.9. The van der Waals surface area contributed by atoms with Crippen LogP contribution in [0.1, 0.15) is 70.4 Å². The highest BCUT2D eigenvalue weighted by molar-refractivity contribution is 6.30. The number of methoxy groups -OCH3 is 1. The van der Waals surface area contributed by atoms with Crippen LogP contribution in [0.15, 0.2) is 72.9 Å². The van der Waals surface area contributed by atoms with Crippen molar-refractivity contribution in [2.24, 2.45) is 5.92 Å². The quantitative estimate of drug-likeness (QED) is 0.182. The lowest BCUT2D eigenvalue weighted by Crippen LogP contribution is -2.43. The fourth-order valence-electron chi connectivity index (χ4n) is 7.29. The summed E-state index contributed by atoms with van der Waals surface area (Å²) in [5, 5.41) is 4.70. The van der Waals surface area contributed by atoms with Crippen molar-refractivity contribution in [1.82, 2.24) is 14.8 Å². The number of carbonyl (C=O) groups is 2. The number of halogens is 1. The number of para-hydroxylation sites is 1. The maximum atomic E-state index is 13.4. The number of hydrogen-bond acceptors (Lipinski definition) is 4. The van der Waals surface area contributed by atoms with Gasteiger partial charge in [-0.3, -0.25) is 14.5 Å². The summed E-state index contributed by atoms with van der Waals surface area (Å²) in [5.74, 6) is 1.37. The Kier molecular flexibility index (Phi) is 8.87. The van der Waals surface area contributed by atoms with Crippen LogP contribution in [0.5, 0.6) is 5.75 Å². The van der Waals surface area contributed by atoms with E-state index in [-0.39, 0.29) is 11.7 Å². The van der Waals surface area contributed by atoms with Crippen molar-refractivity contribution in [3.63, 3.8) is 0 Å². The highest BCUT2D eigenvalue weighted by atomic mass is 35.5. The number of aromatic nitrogens is 1. The molecule has 0 saturated carbocycles. The van der Waals surface area contributed by atoms with Crippen LogP contribution in [0.25, 0.3) is 10.9 Å². The molecule has 2 aliphatic heterocycles. The highest BCUT2D eigenvalue weighted by Gasteiger charge is 2.40. The van der Waals surface area contributed by atoms with Gasteiger partial charge in [0.25, 0.3) is 5.91 Å². The van der Waals surface area contributed by atoms with Gasteiger partial charge in [0.15, 0.2) is 5.78 Å². The van der Waals surface area contributed by atoms with Crippen molar-refractivity contribution >= 4 is 34.2 Å². The summed E-state index contributed by atoms with van der Waals surface area (Å²) >= 11 is 6.01. The second kappa shape index (κ2) is 12.9. The Bertz CT molecular complexity index is 1600. The lowest BCUT2D eigenvalue weighted by Gasteiger charge is -2.39. The second-order valence-electron chi connectivity index (χ2n) is 12.1. The first-order chi connectivity index (χ1) is 20.9. The first-order valence-corrected chi connectivity index (χ1v) is 15.8. The second-order valence-corrected chi connectivity index (χ2v) is 12.6. The molecule has 7 heteroatoms. The summed E-state index contributed by atoms with van der Waals surface area (Å²) in [7, 11) is 1.68. The van der Waals surface area contributed by atoms with Crippen molar-refractivity contribution in [3.05, 3.63) is 100 Å². The molecule has 3 atom stereocenters. The molecule has 4 aromatic rings. The molecule has 1 N–H and O–H groups in total. The number of benzene rings is 3. The Hall–Kier alpha value is -3.61. The van der Waals surface area contributed by atoms with Crippen LogP contribution < -0.4 is 10.1 Å². The Labute approximate surface area is 259 Å². The number of rotatable bonds is 11. The number of Topliss-reactive ketones (excluding diaryl/α,β-unsaturated/α-hetero) is 1. The van der Waals surface area contributed by atoms with E-state index in [0.717, 1.165) is 65.7 Å². The van der Waals surface area contributed by atoms with E-state index in [2.05, 4.69) is 33.8 Å². The largest absolute Gasteiger partial charge is 0.495 e. The summed E-state index contributed by atoms with van der Waals surface area (Å²) in [6.45, 7) is 4.37. The van der Waals surface area contributed by atoms with Gasteiger partial charge in [-0.25, -0.2) is 0 Å². The molecule has 1 unspecified atom stereocenters. The molecule has 3 aromatic carbocycles. The van der Waals surface area contributed by atoms with Crippen molar-refractivity contribution in [2.45, 2.75) is 70.6 Å². The van der Waals surface area contributed by atoms with Crippen molar-refractivity contribution in [2.75, 3.05) is 13.7 Å². The SMILES string of the molecule is COc1cccc2c(C(=O)NCc3ccccc3C)cn(CCCN3[C@@H]4CC[C@H]3CC(CC(=O)c3ccc(Cl)cc3)C4)c12. The fourth-order valence-corrected chi connectivity index (χ4v) is 7.41. The van der Waals surface area contributed by atoms with E-state index in [1.165, 1.54) is 12.8 Å². The molecule has 2 fully saturated rings. The lowest BCUT2D eigenvalue weighted by atomic mass is 9.85. The molecule has 1 aromatic heterocycles. The van der Waals surface area contributed by atoms with Gasteiger partial charge in [0.1, 0.15) is 5.75 Å². The topological polar surface area (TPSA) is 63.6 Å². The highest BCUT2D eigenvalue weighted by Crippen LogP contribution is 2.40. The van der Waals surface area contributed by atoms with Crippen molar-refractivity contribution in [3.8, 4) is 5.75 Å². The van der Waals surface area contributed by atoms with Gasteiger partial charge < -0.3 is 14.6 Å². The zero-order valence-corrected chi connectivity index (χ0v) is 25.8. The number of amides is 1. The molecule has 0 spiro atoms. The van der Waals surface area contributed by atoms with Crippen LogP contribution in [-0.4, -0.2) is 46.9 Å². The molecule has 6 rings (SSSR count).